The van der Waals surface area contributed by atoms with Gasteiger partial charge >= 0.3 is 5.69 Å². The molecule has 3 aliphatic heterocycles. The molecule has 3 saturated heterocycles. The minimum absolute atomic E-state index is 0.598. The molecular weight excluding hydrogens is 756 g/mol. The maximum absolute atomic E-state index is 13.1. The molecule has 57 heavy (non-hydrogen) atoms. The number of aliphatic hydroxyl groups excluding tert-OH is 8. The number of aromatic nitrogens is 2. The Morgan fingerprint density at radius 1 is 0.842 bits per heavy atom. The lowest BCUT2D eigenvalue weighted by atomic mass is 9.91. The topological polar surface area (TPSA) is 312 Å². The molecule has 0 spiro atoms. The molecule has 0 radical (unpaired) electrons. The number of allylic oxidation sites excluding steroid dienone is 1. The summed E-state index contributed by atoms with van der Waals surface area (Å²) in [4.78, 5) is 51.0. The molecule has 0 aliphatic carbocycles. The summed E-state index contributed by atoms with van der Waals surface area (Å²) in [6, 6.07) is -2.01. The van der Waals surface area contributed by atoms with Gasteiger partial charge in [0.1, 0.15) is 60.9 Å². The van der Waals surface area contributed by atoms with E-state index in [1.54, 1.807) is 6.08 Å². The number of aromatic amines is 1. The summed E-state index contributed by atoms with van der Waals surface area (Å²) in [7, 11) is 0. The molecule has 3 fully saturated rings. The number of carbonyl (C=O) groups excluding carboxylic acids is 2. The van der Waals surface area contributed by atoms with E-state index >= 15 is 0 Å². The molecular formula is C37H60N4O16. The van der Waals surface area contributed by atoms with Crippen molar-refractivity contribution in [3.8, 4) is 0 Å². The quantitative estimate of drug-likeness (QED) is 0.0494. The Balaban J connectivity index is 1.48. The van der Waals surface area contributed by atoms with Crippen LogP contribution < -0.4 is 21.9 Å². The summed E-state index contributed by atoms with van der Waals surface area (Å²) < 4.78 is 24.1. The fourth-order valence-electron chi connectivity index (χ4n) is 7.27. The first-order valence-corrected chi connectivity index (χ1v) is 19.6. The third-order valence-electron chi connectivity index (χ3n) is 10.5. The second-order valence-electron chi connectivity index (χ2n) is 15.4. The van der Waals surface area contributed by atoms with E-state index in [9.17, 15) is 60.0 Å². The third-order valence-corrected chi connectivity index (χ3v) is 10.5. The number of nitrogens with one attached hydrogen (secondary N) is 3. The molecule has 2 amide bonds. The van der Waals surface area contributed by atoms with Crippen molar-refractivity contribution in [2.45, 2.75) is 170 Å². The molecule has 1 aromatic heterocycles. The Kier molecular flexibility index (Phi) is 17.8. The minimum atomic E-state index is -1.85. The van der Waals surface area contributed by atoms with Crippen LogP contribution in [0.25, 0.3) is 0 Å². The largest absolute Gasteiger partial charge is 0.394 e. The van der Waals surface area contributed by atoms with Gasteiger partial charge < -0.3 is 70.4 Å². The van der Waals surface area contributed by atoms with Gasteiger partial charge in [0.25, 0.3) is 5.56 Å². The van der Waals surface area contributed by atoms with E-state index in [0.717, 1.165) is 49.4 Å². The lowest BCUT2D eigenvalue weighted by Gasteiger charge is -2.47. The van der Waals surface area contributed by atoms with Crippen molar-refractivity contribution in [2.24, 2.45) is 5.92 Å². The van der Waals surface area contributed by atoms with Crippen LogP contribution in [0, 0.1) is 5.92 Å². The molecule has 15 atom stereocenters. The number of carbonyl (C=O) groups is 2. The Morgan fingerprint density at radius 3 is 2.05 bits per heavy atom. The van der Waals surface area contributed by atoms with Gasteiger partial charge in [0.05, 0.1) is 18.8 Å². The molecule has 0 bridgehead atoms. The summed E-state index contributed by atoms with van der Waals surface area (Å²) >= 11 is 0. The lowest BCUT2D eigenvalue weighted by molar-refractivity contribution is -0.346. The van der Waals surface area contributed by atoms with E-state index in [1.807, 2.05) is 4.98 Å². The maximum Gasteiger partial charge on any atom is 0.330 e. The van der Waals surface area contributed by atoms with E-state index < -0.39 is 128 Å². The summed E-state index contributed by atoms with van der Waals surface area (Å²) in [5.41, 5.74) is -1.68. The van der Waals surface area contributed by atoms with Crippen molar-refractivity contribution >= 4 is 11.8 Å². The Morgan fingerprint density at radius 2 is 1.44 bits per heavy atom. The number of hydrogen-bond acceptors (Lipinski definition) is 16. The first kappa shape index (κ1) is 46.6. The predicted molar refractivity (Wildman–Crippen MR) is 198 cm³/mol. The number of ether oxygens (including phenoxy) is 4. The van der Waals surface area contributed by atoms with E-state index in [-0.39, 0.29) is 0 Å². The molecule has 20 nitrogen and oxygen atoms in total. The van der Waals surface area contributed by atoms with Crippen molar-refractivity contribution in [3.05, 3.63) is 45.3 Å². The predicted octanol–water partition coefficient (Wildman–Crippen LogP) is -2.87. The molecule has 1 aromatic rings. The highest BCUT2D eigenvalue weighted by atomic mass is 16.8. The maximum atomic E-state index is 13.1. The minimum Gasteiger partial charge on any atom is -0.394 e. The molecule has 324 valence electrons. The summed E-state index contributed by atoms with van der Waals surface area (Å²) in [5.74, 6) is -0.665. The monoisotopic (exact) mass is 816 g/mol. The highest BCUT2D eigenvalue weighted by Gasteiger charge is 2.53. The smallest absolute Gasteiger partial charge is 0.330 e. The molecule has 20 heteroatoms. The summed E-state index contributed by atoms with van der Waals surface area (Å²) in [5, 5.41) is 91.3. The lowest BCUT2D eigenvalue weighted by Crippen LogP contribution is -2.68. The highest BCUT2D eigenvalue weighted by molar-refractivity contribution is 5.87. The molecule has 11 N–H and O–H groups in total. The molecule has 3 aliphatic rings. The van der Waals surface area contributed by atoms with Crippen LogP contribution in [0.4, 0.5) is 0 Å². The third kappa shape index (κ3) is 12.4. The highest BCUT2D eigenvalue weighted by Crippen LogP contribution is 2.34. The molecule has 0 saturated carbocycles. The van der Waals surface area contributed by atoms with E-state index in [0.29, 0.717) is 12.3 Å². The van der Waals surface area contributed by atoms with Gasteiger partial charge in [-0.15, -0.1) is 0 Å². The number of H-pyrrole nitrogens is 1. The van der Waals surface area contributed by atoms with Gasteiger partial charge in [-0.1, -0.05) is 58.4 Å². The van der Waals surface area contributed by atoms with Gasteiger partial charge in [0, 0.05) is 25.6 Å². The average Bonchev–Trinajstić information content (AvgIpc) is 3.45. The molecule has 4 rings (SSSR count). The van der Waals surface area contributed by atoms with Gasteiger partial charge in [0.15, 0.2) is 18.8 Å². The van der Waals surface area contributed by atoms with Crippen molar-refractivity contribution in [1.29, 1.82) is 0 Å². The average molecular weight is 817 g/mol. The number of nitrogens with zero attached hydrogens (tertiary/aromatic N) is 1. The number of unbranched alkanes of at least 4 members (excludes halogenated alkanes) is 6. The van der Waals surface area contributed by atoms with Crippen LogP contribution in [0.15, 0.2) is 34.0 Å². The van der Waals surface area contributed by atoms with E-state index in [1.165, 1.54) is 25.3 Å². The Bertz CT molecular complexity index is 1570. The number of hydrogen-bond donors (Lipinski definition) is 11. The van der Waals surface area contributed by atoms with Crippen LogP contribution in [0.1, 0.15) is 84.8 Å². The number of rotatable bonds is 19. The fraction of sp³-hybridized carbons (Fsp3) is 0.784. The number of amides is 2. The van der Waals surface area contributed by atoms with Crippen LogP contribution in [0.3, 0.4) is 0 Å². The zero-order chi connectivity index (χ0) is 42.0. The van der Waals surface area contributed by atoms with Crippen molar-refractivity contribution < 1.29 is 69.4 Å². The van der Waals surface area contributed by atoms with E-state index in [4.69, 9.17) is 18.9 Å². The first-order chi connectivity index (χ1) is 27.0. The second kappa shape index (κ2) is 21.8. The van der Waals surface area contributed by atoms with Crippen LogP contribution in [0.2, 0.25) is 0 Å². The van der Waals surface area contributed by atoms with Crippen LogP contribution in [-0.4, -0.2) is 155 Å². The zero-order valence-electron chi connectivity index (χ0n) is 32.4. The zero-order valence-corrected chi connectivity index (χ0v) is 32.4. The van der Waals surface area contributed by atoms with Gasteiger partial charge in [-0.3, -0.25) is 23.9 Å². The van der Waals surface area contributed by atoms with Crippen LogP contribution in [0.5, 0.6) is 0 Å². The van der Waals surface area contributed by atoms with Crippen molar-refractivity contribution in [1.82, 2.24) is 20.2 Å². The molecule has 4 heterocycles. The summed E-state index contributed by atoms with van der Waals surface area (Å²) in [6.45, 7) is 4.75. The fourth-order valence-corrected chi connectivity index (χ4v) is 7.27. The van der Waals surface area contributed by atoms with Crippen molar-refractivity contribution in [2.75, 3.05) is 6.61 Å². The summed E-state index contributed by atoms with van der Waals surface area (Å²) in [6.07, 6.45) is -10.3. The second-order valence-corrected chi connectivity index (χ2v) is 15.4. The normalized spacial score (nSPS) is 35.1. The first-order valence-electron chi connectivity index (χ1n) is 19.6. The van der Waals surface area contributed by atoms with Gasteiger partial charge in [0.2, 0.25) is 11.8 Å². The molecule has 0 aromatic carbocycles. The Labute approximate surface area is 329 Å². The Hall–Kier alpha value is -3.12. The van der Waals surface area contributed by atoms with Gasteiger partial charge in [-0.25, -0.2) is 4.79 Å². The van der Waals surface area contributed by atoms with E-state index in [2.05, 4.69) is 24.5 Å². The SMILES string of the molecule is CC(=O)N[C@H]1[C@@H](O[C@@H]2O[C@H](C[C@H](O)[C@H]3O[C@@H](n4ccc(=O)[nH]c4=O)[C@H](O)[C@@H]3O)[C@H](O)[C@H](O)[C@H]2NC(=O)/C=C/CCCCCCCCC(C)C)O[C@H](CO)[C@@H](O)[C@@H]1O. The van der Waals surface area contributed by atoms with Crippen LogP contribution in [-0.2, 0) is 28.5 Å². The van der Waals surface area contributed by atoms with Gasteiger partial charge in [-0.05, 0) is 24.8 Å². The van der Waals surface area contributed by atoms with Gasteiger partial charge in [-0.2, -0.15) is 0 Å². The van der Waals surface area contributed by atoms with Crippen LogP contribution >= 0.6 is 0 Å². The number of aliphatic hydroxyl groups is 8. The van der Waals surface area contributed by atoms with Crippen molar-refractivity contribution in [3.63, 3.8) is 0 Å². The standard InChI is InChI=1S/C37H60N4O16/c1-18(2)12-10-8-6-4-5-7-9-11-13-23(45)39-26-30(50)27(47)21(54-36(26)57-35-25(38-19(3)43)29(49)28(48)22(17-42)55-35)16-20(44)33-31(51)32(52)34(56-33)41-15-14-24(46)40-37(41)53/h11,13-15,18,20-22,25-36,42,44,47-52H,4-10,12,16-17H2,1-3H3,(H,38,43)(H,39,45)(H,40,46,53)/b13-11+/t20-,21+,22+,25+,26+,27-,28+,29+,30+,31-,32+,33+,34+,35+,36-/m0/s1. The molecule has 0 unspecified atom stereocenters.